The number of hydrogen-bond acceptors (Lipinski definition) is 3. The lowest BCUT2D eigenvalue weighted by Gasteiger charge is -2.27. The lowest BCUT2D eigenvalue weighted by molar-refractivity contribution is 0.0994. The average Bonchev–Trinajstić information content (AvgIpc) is 2.39. The second-order valence-electron chi connectivity index (χ2n) is 3.22. The number of aliphatic hydroxyl groups excluding tert-OH is 1. The van der Waals surface area contributed by atoms with Crippen molar-refractivity contribution in [2.75, 3.05) is 26.9 Å². The smallest absolute Gasteiger partial charge is 0.0645 e. The minimum atomic E-state index is 0.0729. The van der Waals surface area contributed by atoms with Gasteiger partial charge in [-0.2, -0.15) is 0 Å². The third-order valence-electron chi connectivity index (χ3n) is 2.34. The van der Waals surface area contributed by atoms with Gasteiger partial charge in [0, 0.05) is 19.3 Å². The van der Waals surface area contributed by atoms with Crippen molar-refractivity contribution in [1.29, 1.82) is 0 Å². The zero-order valence-corrected chi connectivity index (χ0v) is 7.10. The minimum Gasteiger partial charge on any atom is -0.396 e. The highest BCUT2D eigenvalue weighted by Gasteiger charge is 2.32. The Bertz CT molecular complexity index is 103. The van der Waals surface area contributed by atoms with Crippen LogP contribution >= 0.6 is 0 Å². The molecule has 1 aliphatic heterocycles. The van der Waals surface area contributed by atoms with Gasteiger partial charge in [-0.3, -0.25) is 0 Å². The summed E-state index contributed by atoms with van der Waals surface area (Å²) in [6.07, 6.45) is 3.13. The van der Waals surface area contributed by atoms with E-state index in [-0.39, 0.29) is 12.1 Å². The standard InChI is InChI=1S/C8H17NO2/c1-11-7-8(4-6-10)3-2-5-9-8/h9-10H,2-7H2,1H3. The molecule has 1 rings (SSSR count). The van der Waals surface area contributed by atoms with Crippen LogP contribution in [0.15, 0.2) is 0 Å². The fourth-order valence-electron chi connectivity index (χ4n) is 1.77. The molecule has 1 aliphatic rings. The molecule has 66 valence electrons. The van der Waals surface area contributed by atoms with Crippen LogP contribution in [0.4, 0.5) is 0 Å². The second-order valence-corrected chi connectivity index (χ2v) is 3.22. The number of ether oxygens (including phenoxy) is 1. The Morgan fingerprint density at radius 3 is 2.91 bits per heavy atom. The van der Waals surface area contributed by atoms with Crippen molar-refractivity contribution >= 4 is 0 Å². The first-order chi connectivity index (χ1) is 5.33. The molecule has 0 aliphatic carbocycles. The monoisotopic (exact) mass is 159 g/mol. The fraction of sp³-hybridized carbons (Fsp3) is 1.00. The van der Waals surface area contributed by atoms with Crippen LogP contribution in [0.2, 0.25) is 0 Å². The molecule has 3 heteroatoms. The summed E-state index contributed by atoms with van der Waals surface area (Å²) in [5.41, 5.74) is 0.0729. The van der Waals surface area contributed by atoms with Gasteiger partial charge in [-0.05, 0) is 25.8 Å². The van der Waals surface area contributed by atoms with Crippen LogP contribution in [0.5, 0.6) is 0 Å². The van der Waals surface area contributed by atoms with Crippen LogP contribution < -0.4 is 5.32 Å². The highest BCUT2D eigenvalue weighted by Crippen LogP contribution is 2.22. The highest BCUT2D eigenvalue weighted by molar-refractivity contribution is 4.92. The van der Waals surface area contributed by atoms with Gasteiger partial charge in [-0.1, -0.05) is 0 Å². The van der Waals surface area contributed by atoms with Crippen molar-refractivity contribution in [2.45, 2.75) is 24.8 Å². The Labute approximate surface area is 67.7 Å². The molecule has 1 saturated heterocycles. The summed E-state index contributed by atoms with van der Waals surface area (Å²) in [6, 6.07) is 0. The molecule has 1 atom stereocenters. The average molecular weight is 159 g/mol. The summed E-state index contributed by atoms with van der Waals surface area (Å²) in [6.45, 7) is 2.02. The Kier molecular flexibility index (Phi) is 3.30. The maximum atomic E-state index is 8.82. The van der Waals surface area contributed by atoms with E-state index in [4.69, 9.17) is 9.84 Å². The van der Waals surface area contributed by atoms with Gasteiger partial charge in [0.1, 0.15) is 0 Å². The van der Waals surface area contributed by atoms with Crippen molar-refractivity contribution < 1.29 is 9.84 Å². The molecule has 0 bridgehead atoms. The van der Waals surface area contributed by atoms with E-state index in [2.05, 4.69) is 5.32 Å². The van der Waals surface area contributed by atoms with Crippen LogP contribution in [-0.4, -0.2) is 37.5 Å². The number of rotatable bonds is 4. The normalized spacial score (nSPS) is 31.1. The number of hydrogen-bond donors (Lipinski definition) is 2. The predicted molar refractivity (Wildman–Crippen MR) is 43.5 cm³/mol. The fourth-order valence-corrected chi connectivity index (χ4v) is 1.77. The van der Waals surface area contributed by atoms with Crippen molar-refractivity contribution in [2.24, 2.45) is 0 Å². The van der Waals surface area contributed by atoms with E-state index in [1.165, 1.54) is 6.42 Å². The second kappa shape index (κ2) is 4.04. The maximum Gasteiger partial charge on any atom is 0.0645 e. The van der Waals surface area contributed by atoms with Gasteiger partial charge in [-0.25, -0.2) is 0 Å². The van der Waals surface area contributed by atoms with E-state index in [0.29, 0.717) is 6.61 Å². The van der Waals surface area contributed by atoms with Gasteiger partial charge in [0.2, 0.25) is 0 Å². The van der Waals surface area contributed by atoms with E-state index < -0.39 is 0 Å². The zero-order valence-electron chi connectivity index (χ0n) is 7.10. The molecule has 2 N–H and O–H groups in total. The molecule has 0 saturated carbocycles. The van der Waals surface area contributed by atoms with E-state index in [0.717, 1.165) is 19.4 Å². The lowest BCUT2D eigenvalue weighted by atomic mass is 9.95. The lowest BCUT2D eigenvalue weighted by Crippen LogP contribution is -2.44. The van der Waals surface area contributed by atoms with E-state index in [1.54, 1.807) is 7.11 Å². The molecule has 0 aromatic heterocycles. The van der Waals surface area contributed by atoms with Gasteiger partial charge in [-0.15, -0.1) is 0 Å². The van der Waals surface area contributed by atoms with Gasteiger partial charge < -0.3 is 15.2 Å². The van der Waals surface area contributed by atoms with Gasteiger partial charge in [0.05, 0.1) is 6.61 Å². The zero-order chi connectivity index (χ0) is 8.16. The number of methoxy groups -OCH3 is 1. The summed E-state index contributed by atoms with van der Waals surface area (Å²) in [5.74, 6) is 0. The molecular formula is C8H17NO2. The third kappa shape index (κ3) is 2.15. The molecule has 1 heterocycles. The Morgan fingerprint density at radius 2 is 2.45 bits per heavy atom. The van der Waals surface area contributed by atoms with E-state index >= 15 is 0 Å². The third-order valence-corrected chi connectivity index (χ3v) is 2.34. The Hall–Kier alpha value is -0.120. The van der Waals surface area contributed by atoms with Crippen LogP contribution in [0.3, 0.4) is 0 Å². The topological polar surface area (TPSA) is 41.5 Å². The van der Waals surface area contributed by atoms with E-state index in [1.807, 2.05) is 0 Å². The van der Waals surface area contributed by atoms with Crippen molar-refractivity contribution in [3.05, 3.63) is 0 Å². The quantitative estimate of drug-likeness (QED) is 0.613. The van der Waals surface area contributed by atoms with Gasteiger partial charge in [0.15, 0.2) is 0 Å². The van der Waals surface area contributed by atoms with Crippen molar-refractivity contribution in [3.8, 4) is 0 Å². The van der Waals surface area contributed by atoms with Crippen molar-refractivity contribution in [3.63, 3.8) is 0 Å². The van der Waals surface area contributed by atoms with Crippen LogP contribution in [-0.2, 0) is 4.74 Å². The Balaban J connectivity index is 2.40. The molecule has 1 unspecified atom stereocenters. The molecule has 0 radical (unpaired) electrons. The van der Waals surface area contributed by atoms with Crippen LogP contribution in [0, 0.1) is 0 Å². The summed E-state index contributed by atoms with van der Waals surface area (Å²) in [7, 11) is 1.71. The maximum absolute atomic E-state index is 8.82. The molecular weight excluding hydrogens is 142 g/mol. The number of aliphatic hydroxyl groups is 1. The summed E-state index contributed by atoms with van der Waals surface area (Å²) < 4.78 is 5.11. The van der Waals surface area contributed by atoms with Crippen LogP contribution in [0.1, 0.15) is 19.3 Å². The summed E-state index contributed by atoms with van der Waals surface area (Å²) in [4.78, 5) is 0. The summed E-state index contributed by atoms with van der Waals surface area (Å²) >= 11 is 0. The first-order valence-electron chi connectivity index (χ1n) is 4.18. The molecule has 1 fully saturated rings. The molecule has 0 aromatic rings. The first kappa shape index (κ1) is 8.97. The molecule has 0 aromatic carbocycles. The van der Waals surface area contributed by atoms with E-state index in [9.17, 15) is 0 Å². The molecule has 3 nitrogen and oxygen atoms in total. The molecule has 11 heavy (non-hydrogen) atoms. The molecule has 0 amide bonds. The minimum absolute atomic E-state index is 0.0729. The van der Waals surface area contributed by atoms with Crippen molar-refractivity contribution in [1.82, 2.24) is 5.32 Å². The predicted octanol–water partition coefficient (Wildman–Crippen LogP) is 0.137. The highest BCUT2D eigenvalue weighted by atomic mass is 16.5. The molecule has 0 spiro atoms. The van der Waals surface area contributed by atoms with Gasteiger partial charge >= 0.3 is 0 Å². The SMILES string of the molecule is COCC1(CCO)CCCN1. The number of nitrogens with one attached hydrogen (secondary N) is 1. The first-order valence-corrected chi connectivity index (χ1v) is 4.18. The summed E-state index contributed by atoms with van der Waals surface area (Å²) in [5, 5.41) is 12.2. The van der Waals surface area contributed by atoms with Crippen LogP contribution in [0.25, 0.3) is 0 Å². The van der Waals surface area contributed by atoms with Gasteiger partial charge in [0.25, 0.3) is 0 Å². The largest absolute Gasteiger partial charge is 0.396 e. The Morgan fingerprint density at radius 1 is 1.64 bits per heavy atom.